The maximum Gasteiger partial charge on any atom is 0.341 e. The van der Waals surface area contributed by atoms with Gasteiger partial charge in [0.15, 0.2) is 0 Å². The van der Waals surface area contributed by atoms with E-state index >= 15 is 0 Å². The molecule has 0 aliphatic heterocycles. The maximum atomic E-state index is 9.97. The molecule has 0 amide bonds. The van der Waals surface area contributed by atoms with Crippen LogP contribution in [0.1, 0.15) is 12.8 Å². The molecule has 6 heteroatoms. The second-order valence-corrected chi connectivity index (χ2v) is 11.1. The number of hydrogen-bond donors (Lipinski definition) is 1. The smallest absolute Gasteiger partial charge is 0.341 e. The van der Waals surface area contributed by atoms with Crippen LogP contribution in [0.2, 0.25) is 6.04 Å². The first-order chi connectivity index (χ1) is 4.42. The Morgan fingerprint density at radius 2 is 1.90 bits per heavy atom. The van der Waals surface area contributed by atoms with Crippen molar-refractivity contribution in [1.82, 2.24) is 0 Å². The standard InChI is InChI=1S/C4H7Cl3O2Si/c5-10(6,7)3-1-2-4(8)9/h1-3H2,(H,8,9). The third kappa shape index (κ3) is 8.56. The van der Waals surface area contributed by atoms with Gasteiger partial charge in [0.2, 0.25) is 0 Å². The SMILES string of the molecule is O=C(O)CCC[Si](Cl)(Cl)Cl. The fourth-order valence-corrected chi connectivity index (χ4v) is 2.22. The van der Waals surface area contributed by atoms with E-state index in [1.165, 1.54) is 0 Å². The first-order valence-electron chi connectivity index (χ1n) is 2.70. The summed E-state index contributed by atoms with van der Waals surface area (Å²) in [7, 11) is 0. The van der Waals surface area contributed by atoms with Crippen molar-refractivity contribution in [2.45, 2.75) is 18.9 Å². The summed E-state index contributed by atoms with van der Waals surface area (Å²) in [6.07, 6.45) is 0.541. The maximum absolute atomic E-state index is 9.97. The van der Waals surface area contributed by atoms with Crippen LogP contribution in [0.3, 0.4) is 0 Å². The van der Waals surface area contributed by atoms with E-state index in [-0.39, 0.29) is 6.42 Å². The summed E-state index contributed by atoms with van der Waals surface area (Å²) in [5, 5.41) is 8.20. The summed E-state index contributed by atoms with van der Waals surface area (Å²) in [6.45, 7) is 0. The fraction of sp³-hybridized carbons (Fsp3) is 0.750. The van der Waals surface area contributed by atoms with Crippen LogP contribution in [0.5, 0.6) is 0 Å². The van der Waals surface area contributed by atoms with Crippen LogP contribution in [-0.2, 0) is 4.79 Å². The molecule has 0 aliphatic rings. The molecule has 0 rings (SSSR count). The lowest BCUT2D eigenvalue weighted by Gasteiger charge is -2.04. The van der Waals surface area contributed by atoms with Crippen LogP contribution in [0, 0.1) is 0 Å². The highest BCUT2D eigenvalue weighted by molar-refractivity contribution is 7.64. The van der Waals surface area contributed by atoms with Gasteiger partial charge in [0, 0.05) is 6.42 Å². The van der Waals surface area contributed by atoms with E-state index in [0.717, 1.165) is 0 Å². The van der Waals surface area contributed by atoms with Crippen molar-refractivity contribution in [2.24, 2.45) is 0 Å². The van der Waals surface area contributed by atoms with Crippen LogP contribution >= 0.6 is 33.2 Å². The summed E-state index contributed by atoms with van der Waals surface area (Å²) >= 11 is 16.5. The minimum atomic E-state index is -2.57. The minimum absolute atomic E-state index is 0.0842. The van der Waals surface area contributed by atoms with E-state index in [2.05, 4.69) is 0 Å². The van der Waals surface area contributed by atoms with Gasteiger partial charge in [0.1, 0.15) is 0 Å². The predicted octanol–water partition coefficient (Wildman–Crippen LogP) is 2.51. The van der Waals surface area contributed by atoms with Crippen molar-refractivity contribution in [3.63, 3.8) is 0 Å². The lowest BCUT2D eigenvalue weighted by molar-refractivity contribution is -0.137. The van der Waals surface area contributed by atoms with Crippen LogP contribution in [-0.4, -0.2) is 17.1 Å². The van der Waals surface area contributed by atoms with Gasteiger partial charge in [-0.3, -0.25) is 4.79 Å². The molecule has 10 heavy (non-hydrogen) atoms. The lowest BCUT2D eigenvalue weighted by Crippen LogP contribution is -2.09. The average molecular weight is 222 g/mol. The van der Waals surface area contributed by atoms with Crippen LogP contribution < -0.4 is 0 Å². The molecule has 0 aromatic carbocycles. The quantitative estimate of drug-likeness (QED) is 0.585. The number of aliphatic carboxylic acids is 1. The molecule has 0 unspecified atom stereocenters. The van der Waals surface area contributed by atoms with Crippen molar-refractivity contribution < 1.29 is 9.90 Å². The van der Waals surface area contributed by atoms with E-state index in [1.807, 2.05) is 0 Å². The highest BCUT2D eigenvalue weighted by atomic mass is 35.8. The Morgan fingerprint density at radius 3 is 2.20 bits per heavy atom. The predicted molar refractivity (Wildman–Crippen MR) is 45.0 cm³/mol. The molecule has 0 saturated carbocycles. The van der Waals surface area contributed by atoms with Gasteiger partial charge in [-0.25, -0.2) is 0 Å². The van der Waals surface area contributed by atoms with Crippen LogP contribution in [0.15, 0.2) is 0 Å². The first kappa shape index (κ1) is 10.6. The molecule has 0 heterocycles. The Hall–Kier alpha value is 0.557. The Balaban J connectivity index is 3.29. The molecule has 0 radical (unpaired) electrons. The Bertz CT molecular complexity index is 122. The minimum Gasteiger partial charge on any atom is -0.481 e. The molecule has 0 aliphatic carbocycles. The number of carbonyl (C=O) groups is 1. The molecule has 0 atom stereocenters. The summed E-state index contributed by atoms with van der Waals surface area (Å²) in [5.41, 5.74) is 0. The number of carboxylic acid groups (broad SMARTS) is 1. The van der Waals surface area contributed by atoms with Crippen LogP contribution in [0.25, 0.3) is 0 Å². The van der Waals surface area contributed by atoms with Gasteiger partial charge in [0.25, 0.3) is 0 Å². The highest BCUT2D eigenvalue weighted by Crippen LogP contribution is 2.26. The topological polar surface area (TPSA) is 37.3 Å². The van der Waals surface area contributed by atoms with E-state index in [4.69, 9.17) is 38.3 Å². The molecule has 60 valence electrons. The van der Waals surface area contributed by atoms with Gasteiger partial charge in [0.05, 0.1) is 0 Å². The monoisotopic (exact) mass is 220 g/mol. The van der Waals surface area contributed by atoms with Crippen LogP contribution in [0.4, 0.5) is 0 Å². The molecule has 0 aromatic heterocycles. The fourth-order valence-electron chi connectivity index (χ4n) is 0.440. The average Bonchev–Trinajstić information content (AvgIpc) is 1.59. The molecule has 0 spiro atoms. The van der Waals surface area contributed by atoms with Gasteiger partial charge in [-0.05, 0) is 12.5 Å². The van der Waals surface area contributed by atoms with Gasteiger partial charge in [-0.2, -0.15) is 0 Å². The van der Waals surface area contributed by atoms with Crippen molar-refractivity contribution in [3.05, 3.63) is 0 Å². The van der Waals surface area contributed by atoms with Gasteiger partial charge >= 0.3 is 12.0 Å². The van der Waals surface area contributed by atoms with Crippen molar-refractivity contribution in [2.75, 3.05) is 0 Å². The molecular weight excluding hydrogens is 214 g/mol. The highest BCUT2D eigenvalue weighted by Gasteiger charge is 2.24. The van der Waals surface area contributed by atoms with E-state index < -0.39 is 12.0 Å². The molecule has 0 aromatic rings. The largest absolute Gasteiger partial charge is 0.481 e. The summed E-state index contributed by atoms with van der Waals surface area (Å²) < 4.78 is 0. The molecule has 2 nitrogen and oxygen atoms in total. The molecule has 0 fully saturated rings. The van der Waals surface area contributed by atoms with E-state index in [0.29, 0.717) is 12.5 Å². The van der Waals surface area contributed by atoms with Crippen molar-refractivity contribution in [1.29, 1.82) is 0 Å². The normalized spacial score (nSPS) is 11.5. The second-order valence-electron chi connectivity index (χ2n) is 1.86. The molecule has 0 saturated heterocycles. The Morgan fingerprint density at radius 1 is 1.40 bits per heavy atom. The van der Waals surface area contributed by atoms with Crippen molar-refractivity contribution >= 4 is 45.2 Å². The molecular formula is C4H7Cl3O2Si. The number of hydrogen-bond acceptors (Lipinski definition) is 1. The number of rotatable bonds is 4. The zero-order valence-corrected chi connectivity index (χ0v) is 8.38. The zero-order valence-electron chi connectivity index (χ0n) is 5.11. The van der Waals surface area contributed by atoms with Gasteiger partial charge in [-0.15, -0.1) is 33.2 Å². The lowest BCUT2D eigenvalue weighted by atomic mass is 10.3. The number of carboxylic acids is 1. The van der Waals surface area contributed by atoms with Gasteiger partial charge < -0.3 is 5.11 Å². The molecule has 1 N–H and O–H groups in total. The summed E-state index contributed by atoms with van der Waals surface area (Å²) in [6, 6.07) is -2.15. The Kier molecular flexibility index (Phi) is 4.69. The third-order valence-corrected chi connectivity index (χ3v) is 3.47. The first-order valence-corrected chi connectivity index (χ1v) is 7.94. The number of halogens is 3. The third-order valence-electron chi connectivity index (χ3n) is 0.851. The summed E-state index contributed by atoms with van der Waals surface area (Å²) in [5.74, 6) is -0.844. The molecule has 0 bridgehead atoms. The Labute approximate surface area is 74.2 Å². The van der Waals surface area contributed by atoms with Gasteiger partial charge in [-0.1, -0.05) is 0 Å². The van der Waals surface area contributed by atoms with E-state index in [9.17, 15) is 4.79 Å². The van der Waals surface area contributed by atoms with Crippen molar-refractivity contribution in [3.8, 4) is 0 Å². The summed E-state index contributed by atoms with van der Waals surface area (Å²) in [4.78, 5) is 9.97. The van der Waals surface area contributed by atoms with E-state index in [1.54, 1.807) is 0 Å². The second kappa shape index (κ2) is 4.44. The zero-order chi connectivity index (χ0) is 8.20.